The van der Waals surface area contributed by atoms with Gasteiger partial charge in [-0.25, -0.2) is 9.78 Å². The SMILES string of the molecule is CC1(C)NC(=O)N(CCCC(=O)Nc2nc3ccc(Cl)cc3s2)C1=O. The van der Waals surface area contributed by atoms with E-state index in [1.165, 1.54) is 11.3 Å². The van der Waals surface area contributed by atoms with Crippen LogP contribution in [0.2, 0.25) is 5.02 Å². The number of nitrogens with zero attached hydrogens (tertiary/aromatic N) is 2. The van der Waals surface area contributed by atoms with Crippen LogP contribution in [0.15, 0.2) is 18.2 Å². The number of hydrogen-bond acceptors (Lipinski definition) is 5. The lowest BCUT2D eigenvalue weighted by Gasteiger charge is -2.15. The van der Waals surface area contributed by atoms with Crippen molar-refractivity contribution in [3.05, 3.63) is 23.2 Å². The van der Waals surface area contributed by atoms with E-state index >= 15 is 0 Å². The molecule has 132 valence electrons. The topological polar surface area (TPSA) is 91.4 Å². The summed E-state index contributed by atoms with van der Waals surface area (Å²) >= 11 is 7.28. The van der Waals surface area contributed by atoms with Gasteiger partial charge < -0.3 is 10.6 Å². The molecule has 1 saturated heterocycles. The highest BCUT2D eigenvalue weighted by Gasteiger charge is 2.43. The zero-order valence-electron chi connectivity index (χ0n) is 13.8. The van der Waals surface area contributed by atoms with Gasteiger partial charge >= 0.3 is 6.03 Å². The monoisotopic (exact) mass is 380 g/mol. The van der Waals surface area contributed by atoms with Gasteiger partial charge in [-0.2, -0.15) is 0 Å². The standard InChI is InChI=1S/C16H17ClN4O3S/c1-16(2)13(23)21(15(24)20-16)7-3-4-12(22)19-14-18-10-6-5-9(17)8-11(10)25-14/h5-6,8H,3-4,7H2,1-2H3,(H,20,24)(H,18,19,22). The zero-order chi connectivity index (χ0) is 18.2. The van der Waals surface area contributed by atoms with Crippen LogP contribution in [0.3, 0.4) is 0 Å². The van der Waals surface area contributed by atoms with Crippen molar-refractivity contribution in [2.75, 3.05) is 11.9 Å². The van der Waals surface area contributed by atoms with E-state index in [4.69, 9.17) is 11.6 Å². The average molecular weight is 381 g/mol. The number of thiazole rings is 1. The van der Waals surface area contributed by atoms with Gasteiger partial charge in [0.05, 0.1) is 10.2 Å². The van der Waals surface area contributed by atoms with E-state index in [9.17, 15) is 14.4 Å². The van der Waals surface area contributed by atoms with Crippen LogP contribution in [0.4, 0.5) is 9.93 Å². The van der Waals surface area contributed by atoms with Crippen molar-refractivity contribution in [2.24, 2.45) is 0 Å². The van der Waals surface area contributed by atoms with Gasteiger partial charge in [0.15, 0.2) is 5.13 Å². The van der Waals surface area contributed by atoms with Gasteiger partial charge in [-0.3, -0.25) is 14.5 Å². The van der Waals surface area contributed by atoms with Crippen molar-refractivity contribution >= 4 is 56.1 Å². The van der Waals surface area contributed by atoms with E-state index in [0.717, 1.165) is 15.1 Å². The molecule has 4 amide bonds. The molecule has 0 atom stereocenters. The minimum atomic E-state index is -0.887. The van der Waals surface area contributed by atoms with Gasteiger partial charge in [0.25, 0.3) is 5.91 Å². The Morgan fingerprint density at radius 3 is 2.84 bits per heavy atom. The van der Waals surface area contributed by atoms with E-state index in [1.807, 2.05) is 0 Å². The molecular formula is C16H17ClN4O3S. The Morgan fingerprint density at radius 1 is 1.40 bits per heavy atom. The minimum Gasteiger partial charge on any atom is -0.324 e. The molecule has 3 rings (SSSR count). The minimum absolute atomic E-state index is 0.189. The molecule has 2 N–H and O–H groups in total. The summed E-state index contributed by atoms with van der Waals surface area (Å²) in [7, 11) is 0. The third kappa shape index (κ3) is 3.74. The number of carbonyl (C=O) groups excluding carboxylic acids is 3. The van der Waals surface area contributed by atoms with Crippen molar-refractivity contribution in [1.29, 1.82) is 0 Å². The van der Waals surface area contributed by atoms with Crippen molar-refractivity contribution in [3.63, 3.8) is 0 Å². The van der Waals surface area contributed by atoms with Gasteiger partial charge in [-0.05, 0) is 38.5 Å². The molecule has 25 heavy (non-hydrogen) atoms. The summed E-state index contributed by atoms with van der Waals surface area (Å²) in [4.78, 5) is 41.3. The van der Waals surface area contributed by atoms with Crippen molar-refractivity contribution in [3.8, 4) is 0 Å². The molecule has 0 bridgehead atoms. The Labute approximate surface area is 153 Å². The molecule has 0 spiro atoms. The number of imide groups is 1. The normalized spacial score (nSPS) is 16.4. The maximum atomic E-state index is 12.1. The predicted molar refractivity (Wildman–Crippen MR) is 96.8 cm³/mol. The number of amides is 4. The number of carbonyl (C=O) groups is 3. The van der Waals surface area contributed by atoms with Crippen LogP contribution in [0.1, 0.15) is 26.7 Å². The van der Waals surface area contributed by atoms with Gasteiger partial charge in [0, 0.05) is 18.0 Å². The number of fused-ring (bicyclic) bond motifs is 1. The largest absolute Gasteiger partial charge is 0.325 e. The van der Waals surface area contributed by atoms with Crippen molar-refractivity contribution in [1.82, 2.24) is 15.2 Å². The van der Waals surface area contributed by atoms with Crippen molar-refractivity contribution < 1.29 is 14.4 Å². The van der Waals surface area contributed by atoms with Gasteiger partial charge in [-0.1, -0.05) is 22.9 Å². The predicted octanol–water partition coefficient (Wildman–Crippen LogP) is 3.00. The van der Waals surface area contributed by atoms with E-state index in [1.54, 1.807) is 32.0 Å². The molecule has 1 fully saturated rings. The van der Waals surface area contributed by atoms with Crippen molar-refractivity contribution in [2.45, 2.75) is 32.2 Å². The maximum absolute atomic E-state index is 12.1. The van der Waals surface area contributed by atoms with Gasteiger partial charge in [0.1, 0.15) is 5.54 Å². The van der Waals surface area contributed by atoms with Crippen LogP contribution in [-0.2, 0) is 9.59 Å². The lowest BCUT2D eigenvalue weighted by Crippen LogP contribution is -2.40. The Morgan fingerprint density at radius 2 is 2.16 bits per heavy atom. The Balaban J connectivity index is 1.53. The summed E-state index contributed by atoms with van der Waals surface area (Å²) in [5, 5.41) is 6.46. The Hall–Kier alpha value is -2.19. The van der Waals surface area contributed by atoms with Crippen LogP contribution < -0.4 is 10.6 Å². The molecule has 9 heteroatoms. The highest BCUT2D eigenvalue weighted by Crippen LogP contribution is 2.28. The fourth-order valence-electron chi connectivity index (χ4n) is 2.55. The average Bonchev–Trinajstić information content (AvgIpc) is 2.99. The summed E-state index contributed by atoms with van der Waals surface area (Å²) in [6.45, 7) is 3.51. The molecule has 1 aliphatic heterocycles. The summed E-state index contributed by atoms with van der Waals surface area (Å²) in [5.41, 5.74) is -0.118. The molecule has 7 nitrogen and oxygen atoms in total. The van der Waals surface area contributed by atoms with Crippen LogP contribution >= 0.6 is 22.9 Å². The molecule has 2 aromatic rings. The third-order valence-corrected chi connectivity index (χ3v) is 5.00. The number of halogens is 1. The highest BCUT2D eigenvalue weighted by molar-refractivity contribution is 7.22. The summed E-state index contributed by atoms with van der Waals surface area (Å²) in [6, 6.07) is 4.92. The van der Waals surface area contributed by atoms with Gasteiger partial charge in [0.2, 0.25) is 5.91 Å². The van der Waals surface area contributed by atoms with E-state index in [-0.39, 0.29) is 24.8 Å². The first-order valence-electron chi connectivity index (χ1n) is 7.76. The maximum Gasteiger partial charge on any atom is 0.325 e. The first-order chi connectivity index (χ1) is 11.8. The molecule has 2 heterocycles. The first kappa shape index (κ1) is 17.6. The summed E-state index contributed by atoms with van der Waals surface area (Å²) < 4.78 is 0.893. The molecule has 0 unspecified atom stereocenters. The fourth-order valence-corrected chi connectivity index (χ4v) is 3.71. The summed E-state index contributed by atoms with van der Waals surface area (Å²) in [5.74, 6) is -0.488. The third-order valence-electron chi connectivity index (χ3n) is 3.83. The number of urea groups is 1. The number of aromatic nitrogens is 1. The Kier molecular flexibility index (Phi) is 4.66. The second-order valence-corrected chi connectivity index (χ2v) is 7.76. The Bertz CT molecular complexity index is 864. The smallest absolute Gasteiger partial charge is 0.324 e. The fraction of sp³-hybridized carbons (Fsp3) is 0.375. The number of hydrogen-bond donors (Lipinski definition) is 2. The second kappa shape index (κ2) is 6.61. The molecule has 1 aromatic carbocycles. The van der Waals surface area contributed by atoms with E-state index in [0.29, 0.717) is 16.6 Å². The second-order valence-electron chi connectivity index (χ2n) is 6.29. The van der Waals surface area contributed by atoms with Crippen LogP contribution in [0.25, 0.3) is 10.2 Å². The van der Waals surface area contributed by atoms with Crippen LogP contribution in [-0.4, -0.2) is 39.8 Å². The molecule has 0 aliphatic carbocycles. The quantitative estimate of drug-likeness (QED) is 0.780. The molecule has 1 aromatic heterocycles. The van der Waals surface area contributed by atoms with Gasteiger partial charge in [-0.15, -0.1) is 0 Å². The number of benzene rings is 1. The van der Waals surface area contributed by atoms with Crippen LogP contribution in [0, 0.1) is 0 Å². The van der Waals surface area contributed by atoms with E-state index in [2.05, 4.69) is 15.6 Å². The van der Waals surface area contributed by atoms with E-state index < -0.39 is 11.6 Å². The summed E-state index contributed by atoms with van der Waals surface area (Å²) in [6.07, 6.45) is 0.575. The molecule has 1 aliphatic rings. The first-order valence-corrected chi connectivity index (χ1v) is 8.96. The lowest BCUT2D eigenvalue weighted by molar-refractivity contribution is -0.130. The highest BCUT2D eigenvalue weighted by atomic mass is 35.5. The number of rotatable bonds is 5. The number of anilines is 1. The zero-order valence-corrected chi connectivity index (χ0v) is 15.3. The molecule has 0 radical (unpaired) electrons. The lowest BCUT2D eigenvalue weighted by atomic mass is 10.1. The number of nitrogens with one attached hydrogen (secondary N) is 2. The van der Waals surface area contributed by atoms with Crippen LogP contribution in [0.5, 0.6) is 0 Å². The molecule has 0 saturated carbocycles. The molecular weight excluding hydrogens is 364 g/mol.